The van der Waals surface area contributed by atoms with Gasteiger partial charge in [-0.05, 0) is 29.2 Å². The minimum atomic E-state index is 0.178. The second kappa shape index (κ2) is 7.05. The summed E-state index contributed by atoms with van der Waals surface area (Å²) in [5.74, 6) is 1.37. The van der Waals surface area contributed by atoms with E-state index >= 15 is 0 Å². The molecule has 1 atom stereocenters. The van der Waals surface area contributed by atoms with Crippen LogP contribution in [0.3, 0.4) is 0 Å². The van der Waals surface area contributed by atoms with E-state index in [0.29, 0.717) is 12.5 Å². The molecule has 2 N–H and O–H groups in total. The smallest absolute Gasteiger partial charge is 0.120 e. The van der Waals surface area contributed by atoms with E-state index in [9.17, 15) is 0 Å². The molecule has 2 aromatic carbocycles. The lowest BCUT2D eigenvalue weighted by molar-refractivity contribution is 0.414. The van der Waals surface area contributed by atoms with Gasteiger partial charge in [-0.3, -0.25) is 5.01 Å². The van der Waals surface area contributed by atoms with Crippen LogP contribution < -0.4 is 15.5 Å². The van der Waals surface area contributed by atoms with Crippen LogP contribution in [0, 0.1) is 0 Å². The van der Waals surface area contributed by atoms with Crippen LogP contribution in [-0.2, 0) is 0 Å². The highest BCUT2D eigenvalue weighted by Crippen LogP contribution is 2.36. The highest BCUT2D eigenvalue weighted by molar-refractivity contribution is 5.90. The maximum atomic E-state index is 5.85. The lowest BCUT2D eigenvalue weighted by Crippen LogP contribution is -2.18. The summed E-state index contributed by atoms with van der Waals surface area (Å²) in [6.07, 6.45) is 0.856. The van der Waals surface area contributed by atoms with Gasteiger partial charge in [0, 0.05) is 19.0 Å². The predicted molar refractivity (Wildman–Crippen MR) is 99.9 cm³/mol. The Kier molecular flexibility index (Phi) is 4.86. The number of hydrazone groups is 1. The molecule has 2 aromatic rings. The van der Waals surface area contributed by atoms with Gasteiger partial charge < -0.3 is 10.5 Å². The molecule has 4 heteroatoms. The minimum Gasteiger partial charge on any atom is -0.497 e. The molecule has 0 aromatic heterocycles. The number of hydrogen-bond acceptors (Lipinski definition) is 4. The third-order valence-electron chi connectivity index (χ3n) is 4.51. The lowest BCUT2D eigenvalue weighted by atomic mass is 9.96. The SMILES string of the molecule is COc1cccc(N2N=C(CN)CC2c2ccc(C(C)C)cc2)c1. The molecule has 1 unspecified atom stereocenters. The van der Waals surface area contributed by atoms with E-state index in [2.05, 4.69) is 49.2 Å². The largest absolute Gasteiger partial charge is 0.497 e. The minimum absolute atomic E-state index is 0.178. The number of benzene rings is 2. The third kappa shape index (κ3) is 3.29. The van der Waals surface area contributed by atoms with Crippen molar-refractivity contribution >= 4 is 11.4 Å². The van der Waals surface area contributed by atoms with Crippen molar-refractivity contribution < 1.29 is 4.74 Å². The number of nitrogens with zero attached hydrogens (tertiary/aromatic N) is 2. The molecule has 3 rings (SSSR count). The van der Waals surface area contributed by atoms with E-state index in [1.165, 1.54) is 11.1 Å². The molecule has 0 amide bonds. The van der Waals surface area contributed by atoms with Gasteiger partial charge in [0.1, 0.15) is 5.75 Å². The standard InChI is InChI=1S/C20H25N3O/c1-14(2)15-7-9-16(10-8-15)20-11-17(13-21)22-23(20)18-5-4-6-19(12-18)24-3/h4-10,12,14,20H,11,13,21H2,1-3H3. The summed E-state index contributed by atoms with van der Waals surface area (Å²) in [6, 6.07) is 17.0. The average Bonchev–Trinajstić information content (AvgIpc) is 3.06. The van der Waals surface area contributed by atoms with Crippen molar-refractivity contribution in [2.75, 3.05) is 18.7 Å². The fourth-order valence-corrected chi connectivity index (χ4v) is 3.05. The molecule has 1 aliphatic heterocycles. The molecule has 0 saturated heterocycles. The zero-order valence-electron chi connectivity index (χ0n) is 14.6. The van der Waals surface area contributed by atoms with Crippen molar-refractivity contribution in [1.29, 1.82) is 0 Å². The van der Waals surface area contributed by atoms with Crippen molar-refractivity contribution in [1.82, 2.24) is 0 Å². The number of nitrogens with two attached hydrogens (primary N) is 1. The van der Waals surface area contributed by atoms with Crippen LogP contribution in [-0.4, -0.2) is 19.4 Å². The van der Waals surface area contributed by atoms with E-state index in [4.69, 9.17) is 15.6 Å². The Morgan fingerprint density at radius 2 is 1.96 bits per heavy atom. The van der Waals surface area contributed by atoms with E-state index in [1.807, 2.05) is 18.2 Å². The van der Waals surface area contributed by atoms with Gasteiger partial charge >= 0.3 is 0 Å². The normalized spacial score (nSPS) is 17.3. The van der Waals surface area contributed by atoms with Crippen LogP contribution in [0.25, 0.3) is 0 Å². The maximum absolute atomic E-state index is 5.85. The Balaban J connectivity index is 1.93. The van der Waals surface area contributed by atoms with Crippen LogP contribution in [0.2, 0.25) is 0 Å². The summed E-state index contributed by atoms with van der Waals surface area (Å²) in [5, 5.41) is 6.80. The van der Waals surface area contributed by atoms with E-state index in [-0.39, 0.29) is 6.04 Å². The zero-order chi connectivity index (χ0) is 17.1. The van der Waals surface area contributed by atoms with Crippen molar-refractivity contribution in [2.24, 2.45) is 10.8 Å². The Hall–Kier alpha value is -2.33. The molecule has 4 nitrogen and oxygen atoms in total. The van der Waals surface area contributed by atoms with Crippen LogP contribution in [0.5, 0.6) is 5.75 Å². The summed E-state index contributed by atoms with van der Waals surface area (Å²) in [4.78, 5) is 0. The quantitative estimate of drug-likeness (QED) is 0.902. The summed E-state index contributed by atoms with van der Waals surface area (Å²) < 4.78 is 5.35. The van der Waals surface area contributed by atoms with Crippen LogP contribution in [0.1, 0.15) is 43.4 Å². The first kappa shape index (κ1) is 16.5. The highest BCUT2D eigenvalue weighted by atomic mass is 16.5. The first-order valence-corrected chi connectivity index (χ1v) is 8.42. The fourth-order valence-electron chi connectivity index (χ4n) is 3.05. The molecule has 24 heavy (non-hydrogen) atoms. The molecule has 1 heterocycles. The first-order chi connectivity index (χ1) is 11.6. The van der Waals surface area contributed by atoms with Crippen LogP contribution >= 0.6 is 0 Å². The summed E-state index contributed by atoms with van der Waals surface area (Å²) in [7, 11) is 1.68. The molecule has 0 bridgehead atoms. The molecule has 126 valence electrons. The molecule has 0 spiro atoms. The summed E-state index contributed by atoms with van der Waals surface area (Å²) in [6.45, 7) is 4.91. The maximum Gasteiger partial charge on any atom is 0.120 e. The van der Waals surface area contributed by atoms with E-state index in [0.717, 1.165) is 23.6 Å². The lowest BCUT2D eigenvalue weighted by Gasteiger charge is -2.24. The van der Waals surface area contributed by atoms with Gasteiger partial charge in [0.2, 0.25) is 0 Å². The van der Waals surface area contributed by atoms with Crippen molar-refractivity contribution in [3.63, 3.8) is 0 Å². The Morgan fingerprint density at radius 1 is 1.21 bits per heavy atom. The van der Waals surface area contributed by atoms with Crippen LogP contribution in [0.15, 0.2) is 53.6 Å². The van der Waals surface area contributed by atoms with Gasteiger partial charge in [0.05, 0.1) is 24.6 Å². The van der Waals surface area contributed by atoms with Gasteiger partial charge in [-0.15, -0.1) is 0 Å². The number of methoxy groups -OCH3 is 1. The molecule has 0 radical (unpaired) electrons. The van der Waals surface area contributed by atoms with E-state index < -0.39 is 0 Å². The van der Waals surface area contributed by atoms with Crippen LogP contribution in [0.4, 0.5) is 5.69 Å². The van der Waals surface area contributed by atoms with Gasteiger partial charge in [-0.25, -0.2) is 0 Å². The number of rotatable bonds is 5. The molecular weight excluding hydrogens is 298 g/mol. The van der Waals surface area contributed by atoms with Gasteiger partial charge in [0.15, 0.2) is 0 Å². The Bertz CT molecular complexity index is 722. The highest BCUT2D eigenvalue weighted by Gasteiger charge is 2.28. The van der Waals surface area contributed by atoms with Gasteiger partial charge in [-0.1, -0.05) is 44.2 Å². The van der Waals surface area contributed by atoms with E-state index in [1.54, 1.807) is 7.11 Å². The molecule has 0 aliphatic carbocycles. The van der Waals surface area contributed by atoms with Gasteiger partial charge in [0.25, 0.3) is 0 Å². The van der Waals surface area contributed by atoms with Gasteiger partial charge in [-0.2, -0.15) is 5.10 Å². The molecule has 0 fully saturated rings. The fraction of sp³-hybridized carbons (Fsp3) is 0.350. The second-order valence-corrected chi connectivity index (χ2v) is 6.46. The van der Waals surface area contributed by atoms with Crippen molar-refractivity contribution in [2.45, 2.75) is 32.2 Å². The number of anilines is 1. The predicted octanol–water partition coefficient (Wildman–Crippen LogP) is 4.08. The topological polar surface area (TPSA) is 50.8 Å². The second-order valence-electron chi connectivity index (χ2n) is 6.46. The third-order valence-corrected chi connectivity index (χ3v) is 4.51. The summed E-state index contributed by atoms with van der Waals surface area (Å²) >= 11 is 0. The summed E-state index contributed by atoms with van der Waals surface area (Å²) in [5.41, 5.74) is 10.5. The first-order valence-electron chi connectivity index (χ1n) is 8.42. The number of hydrogen-bond donors (Lipinski definition) is 1. The number of ether oxygens (including phenoxy) is 1. The monoisotopic (exact) mass is 323 g/mol. The van der Waals surface area contributed by atoms with Crippen molar-refractivity contribution in [3.05, 3.63) is 59.7 Å². The Labute approximate surface area is 143 Å². The zero-order valence-corrected chi connectivity index (χ0v) is 14.6. The molecular formula is C20H25N3O. The van der Waals surface area contributed by atoms with Crippen molar-refractivity contribution in [3.8, 4) is 5.75 Å². The molecule has 0 saturated carbocycles. The average molecular weight is 323 g/mol. The Morgan fingerprint density at radius 3 is 2.58 bits per heavy atom. The molecule has 1 aliphatic rings.